The number of fused-ring (bicyclic) bond motifs is 4. The van der Waals surface area contributed by atoms with Crippen LogP contribution in [-0.2, 0) is 6.54 Å². The Bertz CT molecular complexity index is 800. The van der Waals surface area contributed by atoms with Gasteiger partial charge >= 0.3 is 0 Å². The van der Waals surface area contributed by atoms with Gasteiger partial charge in [-0.15, -0.1) is 0 Å². The molecule has 3 fully saturated rings. The summed E-state index contributed by atoms with van der Waals surface area (Å²) >= 11 is 6.08. The minimum Gasteiger partial charge on any atom is -0.361 e. The van der Waals surface area contributed by atoms with Crippen molar-refractivity contribution in [3.05, 3.63) is 51.9 Å². The molecule has 0 spiro atoms. The van der Waals surface area contributed by atoms with E-state index >= 15 is 0 Å². The van der Waals surface area contributed by atoms with Gasteiger partial charge in [-0.3, -0.25) is 9.69 Å². The number of aromatic nitrogens is 1. The lowest BCUT2D eigenvalue weighted by molar-refractivity contribution is 0.0585. The van der Waals surface area contributed by atoms with E-state index in [1.54, 1.807) is 12.1 Å². The van der Waals surface area contributed by atoms with Crippen molar-refractivity contribution in [2.45, 2.75) is 39.3 Å². The summed E-state index contributed by atoms with van der Waals surface area (Å²) in [6.07, 6.45) is 2.25. The molecular formula is C20H24ClN3O2. The van der Waals surface area contributed by atoms with Crippen LogP contribution in [0, 0.1) is 19.8 Å². The molecule has 2 bridgehead atoms. The minimum atomic E-state index is 0.0985. The third-order valence-corrected chi connectivity index (χ3v) is 5.92. The number of halogens is 1. The van der Waals surface area contributed by atoms with Crippen LogP contribution in [0.4, 0.5) is 0 Å². The number of benzene rings is 1. The van der Waals surface area contributed by atoms with Crippen LogP contribution in [0.1, 0.15) is 40.2 Å². The number of hydrogen-bond donors (Lipinski definition) is 0. The van der Waals surface area contributed by atoms with Gasteiger partial charge < -0.3 is 9.42 Å². The Morgan fingerprint density at radius 1 is 1.27 bits per heavy atom. The summed E-state index contributed by atoms with van der Waals surface area (Å²) in [7, 11) is 0. The maximum Gasteiger partial charge on any atom is 0.254 e. The first-order chi connectivity index (χ1) is 12.5. The Morgan fingerprint density at radius 2 is 2.12 bits per heavy atom. The number of carbonyl (C=O) groups excluding carboxylic acids is 1. The van der Waals surface area contributed by atoms with Gasteiger partial charge in [-0.2, -0.15) is 0 Å². The van der Waals surface area contributed by atoms with Gasteiger partial charge in [0.15, 0.2) is 0 Å². The number of rotatable bonds is 3. The van der Waals surface area contributed by atoms with Crippen LogP contribution < -0.4 is 0 Å². The van der Waals surface area contributed by atoms with Crippen LogP contribution in [0.25, 0.3) is 0 Å². The van der Waals surface area contributed by atoms with Crippen molar-refractivity contribution in [3.63, 3.8) is 0 Å². The van der Waals surface area contributed by atoms with E-state index in [9.17, 15) is 4.79 Å². The van der Waals surface area contributed by atoms with Crippen molar-refractivity contribution >= 4 is 17.5 Å². The largest absolute Gasteiger partial charge is 0.361 e. The molecule has 0 aliphatic carbocycles. The molecule has 5 rings (SSSR count). The summed E-state index contributed by atoms with van der Waals surface area (Å²) in [4.78, 5) is 17.6. The molecule has 26 heavy (non-hydrogen) atoms. The van der Waals surface area contributed by atoms with Crippen molar-refractivity contribution in [1.82, 2.24) is 15.0 Å². The molecule has 0 radical (unpaired) electrons. The zero-order valence-corrected chi connectivity index (χ0v) is 16.0. The van der Waals surface area contributed by atoms with E-state index < -0.39 is 0 Å². The van der Waals surface area contributed by atoms with E-state index in [2.05, 4.69) is 15.0 Å². The summed E-state index contributed by atoms with van der Waals surface area (Å²) in [6, 6.07) is 7.52. The van der Waals surface area contributed by atoms with Gasteiger partial charge in [0.05, 0.1) is 5.69 Å². The molecule has 0 unspecified atom stereocenters. The van der Waals surface area contributed by atoms with Crippen molar-refractivity contribution in [2.75, 3.05) is 19.6 Å². The molecule has 4 heterocycles. The summed E-state index contributed by atoms with van der Waals surface area (Å²) in [5, 5.41) is 4.68. The average molecular weight is 374 g/mol. The number of hydrogen-bond acceptors (Lipinski definition) is 4. The lowest BCUT2D eigenvalue weighted by atomic mass is 9.94. The smallest absolute Gasteiger partial charge is 0.254 e. The summed E-state index contributed by atoms with van der Waals surface area (Å²) < 4.78 is 5.31. The van der Waals surface area contributed by atoms with E-state index in [1.165, 1.54) is 12.0 Å². The van der Waals surface area contributed by atoms with Gasteiger partial charge in [-0.1, -0.05) is 22.8 Å². The second-order valence-electron chi connectivity index (χ2n) is 7.56. The van der Waals surface area contributed by atoms with E-state index in [0.717, 1.165) is 44.1 Å². The van der Waals surface area contributed by atoms with Crippen LogP contribution in [0.3, 0.4) is 0 Å². The maximum atomic E-state index is 13.1. The molecule has 0 saturated carbocycles. The van der Waals surface area contributed by atoms with Crippen molar-refractivity contribution in [2.24, 2.45) is 5.92 Å². The molecule has 5 nitrogen and oxygen atoms in total. The van der Waals surface area contributed by atoms with Gasteiger partial charge in [0, 0.05) is 48.4 Å². The van der Waals surface area contributed by atoms with E-state index in [1.807, 2.05) is 26.0 Å². The molecule has 1 aromatic heterocycles. The van der Waals surface area contributed by atoms with Crippen molar-refractivity contribution in [1.29, 1.82) is 0 Å². The highest BCUT2D eigenvalue weighted by Crippen LogP contribution is 2.31. The monoisotopic (exact) mass is 373 g/mol. The summed E-state index contributed by atoms with van der Waals surface area (Å²) in [5.74, 6) is 1.50. The Morgan fingerprint density at radius 3 is 2.85 bits per heavy atom. The number of nitrogens with zero attached hydrogens (tertiary/aromatic N) is 3. The van der Waals surface area contributed by atoms with E-state index in [4.69, 9.17) is 16.1 Å². The summed E-state index contributed by atoms with van der Waals surface area (Å²) in [5.41, 5.74) is 2.83. The lowest BCUT2D eigenvalue weighted by Gasteiger charge is -2.36. The van der Waals surface area contributed by atoms with Crippen LogP contribution in [0.5, 0.6) is 0 Å². The molecule has 0 N–H and O–H groups in total. The first kappa shape index (κ1) is 17.6. The number of amides is 1. The Kier molecular flexibility index (Phi) is 4.76. The fourth-order valence-corrected chi connectivity index (χ4v) is 4.49. The molecule has 3 aliphatic heterocycles. The summed E-state index contributed by atoms with van der Waals surface area (Å²) in [6.45, 7) is 7.54. The first-order valence-electron chi connectivity index (χ1n) is 9.22. The normalized spacial score (nSPS) is 23.3. The van der Waals surface area contributed by atoms with Crippen molar-refractivity contribution in [3.8, 4) is 0 Å². The lowest BCUT2D eigenvalue weighted by Crippen LogP contribution is -2.47. The zero-order chi connectivity index (χ0) is 18.3. The topological polar surface area (TPSA) is 49.6 Å². The Labute approximate surface area is 158 Å². The molecule has 1 aromatic carbocycles. The fraction of sp³-hybridized carbons (Fsp3) is 0.500. The van der Waals surface area contributed by atoms with Gasteiger partial charge in [0.25, 0.3) is 5.91 Å². The third kappa shape index (κ3) is 3.38. The highest BCUT2D eigenvalue weighted by Gasteiger charge is 2.37. The molecule has 1 amide bonds. The third-order valence-electron chi connectivity index (χ3n) is 5.68. The molecule has 6 heteroatoms. The number of carbonyl (C=O) groups is 1. The zero-order valence-electron chi connectivity index (χ0n) is 15.2. The molecule has 3 aliphatic rings. The van der Waals surface area contributed by atoms with E-state index in [-0.39, 0.29) is 11.9 Å². The molecule has 2 atom stereocenters. The fourth-order valence-electron chi connectivity index (χ4n) is 4.30. The van der Waals surface area contributed by atoms with Crippen LogP contribution in [0.2, 0.25) is 5.02 Å². The molecular weight excluding hydrogens is 350 g/mol. The first-order valence-corrected chi connectivity index (χ1v) is 9.59. The van der Waals surface area contributed by atoms with Gasteiger partial charge in [0.2, 0.25) is 0 Å². The van der Waals surface area contributed by atoms with E-state index in [0.29, 0.717) is 16.5 Å². The van der Waals surface area contributed by atoms with Crippen LogP contribution in [-0.4, -0.2) is 46.5 Å². The Hall–Kier alpha value is -1.85. The highest BCUT2D eigenvalue weighted by molar-refractivity contribution is 6.30. The SMILES string of the molecule is Cc1noc(C)c1CN1C[C@H]2CC[C@@H](C1)N(C(=O)c1cccc(Cl)c1)C2. The predicted octanol–water partition coefficient (Wildman–Crippen LogP) is 3.68. The van der Waals surface area contributed by atoms with Gasteiger partial charge in [-0.25, -0.2) is 0 Å². The maximum absolute atomic E-state index is 13.1. The van der Waals surface area contributed by atoms with Crippen LogP contribution >= 0.6 is 11.6 Å². The molecule has 2 aromatic rings. The second kappa shape index (κ2) is 7.05. The Balaban J connectivity index is 1.52. The number of piperidine rings is 1. The number of aryl methyl sites for hydroxylation is 2. The molecule has 3 saturated heterocycles. The average Bonchev–Trinajstić information content (AvgIpc) is 2.81. The highest BCUT2D eigenvalue weighted by atomic mass is 35.5. The van der Waals surface area contributed by atoms with Crippen LogP contribution in [0.15, 0.2) is 28.8 Å². The molecule has 138 valence electrons. The van der Waals surface area contributed by atoms with Gasteiger partial charge in [0.1, 0.15) is 5.76 Å². The predicted molar refractivity (Wildman–Crippen MR) is 100 cm³/mol. The second-order valence-corrected chi connectivity index (χ2v) is 8.00. The standard InChI is InChI=1S/C20H24ClN3O2/c1-13-19(14(2)26-22-13)12-23-9-15-6-7-18(11-23)24(10-15)20(25)16-4-3-5-17(21)8-16/h3-5,8,15,18H,6-7,9-12H2,1-2H3/t15-,18+/m1/s1. The van der Waals surface area contributed by atoms with Gasteiger partial charge in [-0.05, 0) is 50.8 Å². The van der Waals surface area contributed by atoms with Crippen molar-refractivity contribution < 1.29 is 9.32 Å². The minimum absolute atomic E-state index is 0.0985. The quantitative estimate of drug-likeness (QED) is 0.823.